The molecule has 1 aliphatic rings. The molecule has 3 heterocycles. The number of rotatable bonds is 5. The second-order valence-electron chi connectivity index (χ2n) is 7.91. The molecule has 0 spiro atoms. The minimum atomic E-state index is -0.211. The molecule has 1 amide bonds. The molecular weight excluding hydrogens is 436 g/mol. The predicted octanol–water partition coefficient (Wildman–Crippen LogP) is 5.81. The topological polar surface area (TPSA) is 69.8 Å². The lowest BCUT2D eigenvalue weighted by atomic mass is 10.1. The summed E-state index contributed by atoms with van der Waals surface area (Å²) in [5, 5.41) is 17.0. The van der Waals surface area contributed by atoms with Gasteiger partial charge in [0.15, 0.2) is 5.50 Å². The van der Waals surface area contributed by atoms with Crippen LogP contribution in [-0.2, 0) is 11.2 Å². The zero-order valence-electron chi connectivity index (χ0n) is 18.9. The van der Waals surface area contributed by atoms with Crippen molar-refractivity contribution in [1.82, 2.24) is 9.88 Å². The van der Waals surface area contributed by atoms with Gasteiger partial charge in [0.05, 0.1) is 10.5 Å². The highest BCUT2D eigenvalue weighted by molar-refractivity contribution is 8.05. The molecule has 32 heavy (non-hydrogen) atoms. The summed E-state index contributed by atoms with van der Waals surface area (Å²) in [6.45, 7) is 10.2. The Morgan fingerprint density at radius 3 is 2.59 bits per heavy atom. The number of carbonyl (C=O) groups is 1. The van der Waals surface area contributed by atoms with Crippen LogP contribution in [0.1, 0.15) is 45.4 Å². The fourth-order valence-electron chi connectivity index (χ4n) is 3.84. The van der Waals surface area contributed by atoms with E-state index in [1.807, 2.05) is 45.9 Å². The van der Waals surface area contributed by atoms with Crippen molar-refractivity contribution in [3.8, 4) is 11.1 Å². The molecule has 164 valence electrons. The van der Waals surface area contributed by atoms with Crippen LogP contribution in [0.2, 0.25) is 0 Å². The average Bonchev–Trinajstić information content (AvgIpc) is 3.35. The van der Waals surface area contributed by atoms with Crippen molar-refractivity contribution in [2.75, 3.05) is 5.32 Å². The molecule has 0 radical (unpaired) electrons. The molecule has 0 aliphatic carbocycles. The lowest BCUT2D eigenvalue weighted by molar-refractivity contribution is -0.116. The lowest BCUT2D eigenvalue weighted by Gasteiger charge is -2.12. The fourth-order valence-corrected chi connectivity index (χ4v) is 6.03. The van der Waals surface area contributed by atoms with Crippen LogP contribution in [0.4, 0.5) is 5.69 Å². The van der Waals surface area contributed by atoms with Gasteiger partial charge in [-0.15, -0.1) is 11.3 Å². The maximum absolute atomic E-state index is 12.6. The number of nitrogens with one attached hydrogen (secondary N) is 2. The summed E-state index contributed by atoms with van der Waals surface area (Å²) in [5.41, 5.74) is 6.86. The zero-order chi connectivity index (χ0) is 23.0. The van der Waals surface area contributed by atoms with Gasteiger partial charge in [-0.2, -0.15) is 5.26 Å². The van der Waals surface area contributed by atoms with Crippen LogP contribution in [0.5, 0.6) is 0 Å². The number of thiophene rings is 1. The molecule has 1 atom stereocenters. The average molecular weight is 463 g/mol. The number of aromatic nitrogens is 1. The Morgan fingerprint density at radius 2 is 1.94 bits per heavy atom. The number of hydrogen-bond acceptors (Lipinski definition) is 5. The molecule has 3 aromatic rings. The molecule has 0 saturated carbocycles. The maximum atomic E-state index is 12.6. The highest BCUT2D eigenvalue weighted by atomic mass is 32.2. The van der Waals surface area contributed by atoms with Crippen LogP contribution in [0.25, 0.3) is 11.1 Å². The monoisotopic (exact) mass is 462 g/mol. The quantitative estimate of drug-likeness (QED) is 0.470. The van der Waals surface area contributed by atoms with Gasteiger partial charge >= 0.3 is 0 Å². The second kappa shape index (κ2) is 8.89. The molecule has 1 saturated heterocycles. The normalized spacial score (nSPS) is 16.9. The third kappa shape index (κ3) is 4.08. The largest absolute Gasteiger partial charge is 0.357 e. The first-order valence-corrected chi connectivity index (χ1v) is 12.3. The summed E-state index contributed by atoms with van der Waals surface area (Å²) in [6, 6.07) is 12.7. The molecule has 1 aliphatic heterocycles. The van der Waals surface area contributed by atoms with Gasteiger partial charge in [0.1, 0.15) is 11.1 Å². The zero-order valence-corrected chi connectivity index (χ0v) is 20.5. The Morgan fingerprint density at radius 1 is 1.22 bits per heavy atom. The summed E-state index contributed by atoms with van der Waals surface area (Å²) < 4.78 is 2.12. The van der Waals surface area contributed by atoms with Crippen LogP contribution >= 0.6 is 23.1 Å². The van der Waals surface area contributed by atoms with Crippen molar-refractivity contribution < 1.29 is 4.79 Å². The maximum Gasteiger partial charge on any atom is 0.260 e. The number of carbonyl (C=O) groups excluding carboxylic acids is 1. The molecule has 4 rings (SSSR count). The van der Waals surface area contributed by atoms with E-state index in [0.29, 0.717) is 4.91 Å². The number of hydrogen-bond donors (Lipinski definition) is 2. The first-order valence-electron chi connectivity index (χ1n) is 10.6. The standard InChI is InChI=1S/C25H26N4OS2/c1-6-18-7-9-20(10-8-18)27-25-28-23(30)22(32-25)12-19-11-14(2)29(16(19)4)24-21(13-26)15(3)17(5)31-24/h7-12,25,27H,6H2,1-5H3,(H,28,30)/b22-12-/t25-/m0/s1. The summed E-state index contributed by atoms with van der Waals surface area (Å²) in [5.74, 6) is -0.0805. The van der Waals surface area contributed by atoms with Crippen molar-refractivity contribution in [1.29, 1.82) is 5.26 Å². The Labute approximate surface area is 197 Å². The van der Waals surface area contributed by atoms with Gasteiger partial charge in [0, 0.05) is 22.0 Å². The van der Waals surface area contributed by atoms with E-state index in [-0.39, 0.29) is 11.4 Å². The third-order valence-electron chi connectivity index (χ3n) is 5.83. The highest BCUT2D eigenvalue weighted by Crippen LogP contribution is 2.35. The van der Waals surface area contributed by atoms with Gasteiger partial charge in [-0.25, -0.2) is 0 Å². The molecule has 5 nitrogen and oxygen atoms in total. The van der Waals surface area contributed by atoms with Crippen LogP contribution < -0.4 is 10.6 Å². The van der Waals surface area contributed by atoms with Crippen molar-refractivity contribution in [3.05, 3.63) is 73.8 Å². The van der Waals surface area contributed by atoms with Crippen molar-refractivity contribution in [2.45, 2.75) is 46.5 Å². The van der Waals surface area contributed by atoms with E-state index >= 15 is 0 Å². The van der Waals surface area contributed by atoms with Gasteiger partial charge in [-0.3, -0.25) is 4.79 Å². The third-order valence-corrected chi connectivity index (χ3v) is 8.05. The van der Waals surface area contributed by atoms with E-state index in [2.05, 4.69) is 46.4 Å². The summed E-state index contributed by atoms with van der Waals surface area (Å²) in [6.07, 6.45) is 2.95. The number of nitrogens with zero attached hydrogens (tertiary/aromatic N) is 2. The minimum Gasteiger partial charge on any atom is -0.357 e. The Bertz CT molecular complexity index is 1260. The van der Waals surface area contributed by atoms with Gasteiger partial charge in [-0.1, -0.05) is 30.8 Å². The number of benzene rings is 1. The molecule has 0 bridgehead atoms. The SMILES string of the molecule is CCc1ccc(N[C@H]2NC(=O)/C(=C/c3cc(C)n(-c4sc(C)c(C)c4C#N)c3C)S2)cc1. The van der Waals surface area contributed by atoms with E-state index < -0.39 is 0 Å². The number of nitriles is 1. The van der Waals surface area contributed by atoms with Crippen LogP contribution in [0, 0.1) is 39.0 Å². The molecule has 1 aromatic carbocycles. The number of aryl methyl sites for hydroxylation is 3. The molecule has 7 heteroatoms. The Hall–Kier alpha value is -2.95. The van der Waals surface area contributed by atoms with E-state index in [4.69, 9.17) is 0 Å². The van der Waals surface area contributed by atoms with Gasteiger partial charge in [-0.05, 0) is 75.1 Å². The van der Waals surface area contributed by atoms with E-state index in [9.17, 15) is 10.1 Å². The molecular formula is C25H26N4OS2. The van der Waals surface area contributed by atoms with E-state index in [1.54, 1.807) is 11.3 Å². The summed E-state index contributed by atoms with van der Waals surface area (Å²) >= 11 is 3.12. The van der Waals surface area contributed by atoms with E-state index in [0.717, 1.165) is 50.1 Å². The van der Waals surface area contributed by atoms with Crippen molar-refractivity contribution >= 4 is 40.8 Å². The lowest BCUT2D eigenvalue weighted by Crippen LogP contribution is -2.30. The fraction of sp³-hybridized carbons (Fsp3) is 0.280. The van der Waals surface area contributed by atoms with Crippen molar-refractivity contribution in [2.24, 2.45) is 0 Å². The van der Waals surface area contributed by atoms with Crippen molar-refractivity contribution in [3.63, 3.8) is 0 Å². The first kappa shape index (κ1) is 22.3. The molecule has 1 fully saturated rings. The molecule has 0 unspecified atom stereocenters. The first-order chi connectivity index (χ1) is 15.3. The van der Waals surface area contributed by atoms with Crippen LogP contribution in [0.3, 0.4) is 0 Å². The highest BCUT2D eigenvalue weighted by Gasteiger charge is 2.28. The Kier molecular flexibility index (Phi) is 6.18. The summed E-state index contributed by atoms with van der Waals surface area (Å²) in [7, 11) is 0. The van der Waals surface area contributed by atoms with Gasteiger partial charge < -0.3 is 15.2 Å². The minimum absolute atomic E-state index is 0.0805. The van der Waals surface area contributed by atoms with Crippen LogP contribution in [0.15, 0.2) is 35.2 Å². The molecule has 2 N–H and O–H groups in total. The predicted molar refractivity (Wildman–Crippen MR) is 134 cm³/mol. The molecule has 2 aromatic heterocycles. The number of thioether (sulfide) groups is 1. The van der Waals surface area contributed by atoms with E-state index in [1.165, 1.54) is 17.3 Å². The summed E-state index contributed by atoms with van der Waals surface area (Å²) in [4.78, 5) is 14.4. The second-order valence-corrected chi connectivity index (χ2v) is 10.3. The Balaban J connectivity index is 1.59. The van der Waals surface area contributed by atoms with Gasteiger partial charge in [0.2, 0.25) is 0 Å². The number of amides is 1. The smallest absolute Gasteiger partial charge is 0.260 e. The number of anilines is 1. The van der Waals surface area contributed by atoms with Crippen LogP contribution in [-0.4, -0.2) is 16.0 Å². The van der Waals surface area contributed by atoms with Gasteiger partial charge in [0.25, 0.3) is 5.91 Å².